The molecule has 228 valence electrons. The van der Waals surface area contributed by atoms with Crippen molar-refractivity contribution < 1.29 is 18.7 Å². The van der Waals surface area contributed by atoms with Gasteiger partial charge in [0.1, 0.15) is 18.5 Å². The average Bonchev–Trinajstić information content (AvgIpc) is 3.02. The van der Waals surface area contributed by atoms with Crippen molar-refractivity contribution in [1.82, 2.24) is 19.8 Å². The Labute approximate surface area is 252 Å². The monoisotopic (exact) mass is 588 g/mol. The zero-order valence-corrected chi connectivity index (χ0v) is 25.4. The highest BCUT2D eigenvalue weighted by molar-refractivity contribution is 5.97. The molecule has 2 aromatic carbocycles. The topological polar surface area (TPSA) is 74.3 Å². The van der Waals surface area contributed by atoms with Gasteiger partial charge in [-0.1, -0.05) is 36.9 Å². The van der Waals surface area contributed by atoms with E-state index in [0.717, 1.165) is 43.1 Å². The first-order valence-corrected chi connectivity index (χ1v) is 15.3. The number of carbonyl (C=O) groups is 1. The Morgan fingerprint density at radius 3 is 2.58 bits per heavy atom. The van der Waals surface area contributed by atoms with Crippen LogP contribution in [0, 0.1) is 6.92 Å². The lowest BCUT2D eigenvalue weighted by Gasteiger charge is -2.38. The van der Waals surface area contributed by atoms with Gasteiger partial charge < -0.3 is 24.2 Å². The minimum atomic E-state index is -0.923. The molecule has 6 rings (SSSR count). The quantitative estimate of drug-likeness (QED) is 0.382. The molecule has 10 heteroatoms. The maximum atomic E-state index is 13.5. The number of halogens is 1. The van der Waals surface area contributed by atoms with E-state index >= 15 is 0 Å². The molecule has 9 nitrogen and oxygen atoms in total. The first-order valence-electron chi connectivity index (χ1n) is 15.3. The lowest BCUT2D eigenvalue weighted by molar-refractivity contribution is -0.128. The number of nitrogens with zero attached hydrogens (tertiary/aromatic N) is 6. The number of aromatic nitrogens is 2. The maximum Gasteiger partial charge on any atom is 0.318 e. The third-order valence-corrected chi connectivity index (χ3v) is 8.85. The average molecular weight is 589 g/mol. The van der Waals surface area contributed by atoms with E-state index in [9.17, 15) is 9.18 Å². The van der Waals surface area contributed by atoms with E-state index in [1.54, 1.807) is 0 Å². The molecule has 2 saturated heterocycles. The van der Waals surface area contributed by atoms with E-state index in [2.05, 4.69) is 78.4 Å². The van der Waals surface area contributed by atoms with Crippen LogP contribution in [-0.2, 0) is 22.5 Å². The summed E-state index contributed by atoms with van der Waals surface area (Å²) < 4.78 is 25.8. The van der Waals surface area contributed by atoms with Crippen LogP contribution >= 0.6 is 0 Å². The van der Waals surface area contributed by atoms with Crippen LogP contribution in [0.1, 0.15) is 30.7 Å². The predicted molar refractivity (Wildman–Crippen MR) is 166 cm³/mol. The second kappa shape index (κ2) is 12.5. The van der Waals surface area contributed by atoms with Gasteiger partial charge in [0.25, 0.3) is 5.91 Å². The number of piperazine rings is 1. The van der Waals surface area contributed by atoms with Crippen LogP contribution in [0.3, 0.4) is 0 Å². The Morgan fingerprint density at radius 2 is 1.84 bits per heavy atom. The standard InChI is InChI=1S/C33H41FN6O3/c1-22(2)39-17-18-42-26(19-39)21-43-33-35-28-20-40(29-10-6-9-25-8-5-7-23(3)30(25)29)12-11-27(28)31(36-33)37-13-15-38(16-14-37)32(41)24(4)34/h5-10,22,26H,4,11-21H2,1-3H3. The minimum absolute atomic E-state index is 0.0576. The number of carbonyl (C=O) groups excluding carboxylic acids is 1. The van der Waals surface area contributed by atoms with Gasteiger partial charge in [-0.05, 0) is 44.2 Å². The fourth-order valence-corrected chi connectivity index (χ4v) is 6.46. The largest absolute Gasteiger partial charge is 0.461 e. The van der Waals surface area contributed by atoms with E-state index in [0.29, 0.717) is 58.0 Å². The summed E-state index contributed by atoms with van der Waals surface area (Å²) in [5.41, 5.74) is 4.50. The molecule has 1 unspecified atom stereocenters. The van der Waals surface area contributed by atoms with Crippen molar-refractivity contribution in [2.45, 2.75) is 45.9 Å². The smallest absolute Gasteiger partial charge is 0.318 e. The highest BCUT2D eigenvalue weighted by Crippen LogP contribution is 2.35. The highest BCUT2D eigenvalue weighted by Gasteiger charge is 2.30. The number of benzene rings is 2. The molecular formula is C33H41FN6O3. The third-order valence-electron chi connectivity index (χ3n) is 8.85. The number of amides is 1. The second-order valence-corrected chi connectivity index (χ2v) is 12.0. The molecule has 0 radical (unpaired) electrons. The van der Waals surface area contributed by atoms with Gasteiger partial charge in [0.2, 0.25) is 0 Å². The summed E-state index contributed by atoms with van der Waals surface area (Å²) in [4.78, 5) is 30.5. The summed E-state index contributed by atoms with van der Waals surface area (Å²) in [6, 6.07) is 13.7. The Morgan fingerprint density at radius 1 is 1.07 bits per heavy atom. The molecule has 3 aliphatic rings. The highest BCUT2D eigenvalue weighted by atomic mass is 19.1. The fraction of sp³-hybridized carbons (Fsp3) is 0.485. The normalized spacial score (nSPS) is 19.6. The molecule has 0 bridgehead atoms. The summed E-state index contributed by atoms with van der Waals surface area (Å²) in [5.74, 6) is -0.723. The van der Waals surface area contributed by atoms with Crippen molar-refractivity contribution in [1.29, 1.82) is 0 Å². The zero-order valence-electron chi connectivity index (χ0n) is 25.4. The second-order valence-electron chi connectivity index (χ2n) is 12.0. The van der Waals surface area contributed by atoms with E-state index in [1.807, 2.05) is 0 Å². The lowest BCUT2D eigenvalue weighted by atomic mass is 9.99. The Kier molecular flexibility index (Phi) is 8.50. The number of hydrogen-bond donors (Lipinski definition) is 0. The number of morpholine rings is 1. The van der Waals surface area contributed by atoms with Crippen molar-refractivity contribution in [3.8, 4) is 6.01 Å². The molecule has 0 N–H and O–H groups in total. The van der Waals surface area contributed by atoms with Gasteiger partial charge >= 0.3 is 6.01 Å². The zero-order chi connectivity index (χ0) is 30.1. The first kappa shape index (κ1) is 29.3. The van der Waals surface area contributed by atoms with Gasteiger partial charge in [-0.2, -0.15) is 9.97 Å². The van der Waals surface area contributed by atoms with Gasteiger partial charge in [-0.25, -0.2) is 4.39 Å². The van der Waals surface area contributed by atoms with Crippen molar-refractivity contribution >= 4 is 28.2 Å². The molecule has 3 aromatic rings. The summed E-state index contributed by atoms with van der Waals surface area (Å²) in [6.45, 7) is 15.9. The number of anilines is 2. The molecule has 0 spiro atoms. The van der Waals surface area contributed by atoms with Crippen LogP contribution in [0.25, 0.3) is 10.8 Å². The molecule has 3 aliphatic heterocycles. The van der Waals surface area contributed by atoms with Gasteiger partial charge in [0.05, 0.1) is 18.8 Å². The Hall–Kier alpha value is -3.76. The first-order chi connectivity index (χ1) is 20.8. The summed E-state index contributed by atoms with van der Waals surface area (Å²) in [5, 5.41) is 2.49. The van der Waals surface area contributed by atoms with Crippen molar-refractivity contribution in [3.05, 3.63) is 65.6 Å². The van der Waals surface area contributed by atoms with Gasteiger partial charge in [0.15, 0.2) is 5.83 Å². The molecule has 0 saturated carbocycles. The third kappa shape index (κ3) is 6.17. The number of ether oxygens (including phenoxy) is 2. The number of hydrogen-bond acceptors (Lipinski definition) is 8. The lowest BCUT2D eigenvalue weighted by Crippen LogP contribution is -2.49. The van der Waals surface area contributed by atoms with Crippen LogP contribution in [0.15, 0.2) is 48.8 Å². The van der Waals surface area contributed by atoms with E-state index in [4.69, 9.17) is 19.4 Å². The van der Waals surface area contributed by atoms with Crippen LogP contribution in [0.2, 0.25) is 0 Å². The van der Waals surface area contributed by atoms with Gasteiger partial charge in [0, 0.05) is 68.5 Å². The van der Waals surface area contributed by atoms with Gasteiger partial charge in [-0.3, -0.25) is 9.69 Å². The van der Waals surface area contributed by atoms with Crippen molar-refractivity contribution in [2.75, 3.05) is 68.8 Å². The fourth-order valence-electron chi connectivity index (χ4n) is 6.46. The van der Waals surface area contributed by atoms with Crippen molar-refractivity contribution in [2.24, 2.45) is 0 Å². The maximum absolute atomic E-state index is 13.5. The molecule has 0 aliphatic carbocycles. The Bertz CT molecular complexity index is 1500. The van der Waals surface area contributed by atoms with E-state index in [1.165, 1.54) is 26.9 Å². The van der Waals surface area contributed by atoms with E-state index < -0.39 is 11.7 Å². The molecule has 2 fully saturated rings. The van der Waals surface area contributed by atoms with Crippen molar-refractivity contribution in [3.63, 3.8) is 0 Å². The molecule has 4 heterocycles. The molecule has 1 amide bonds. The predicted octanol–water partition coefficient (Wildman–Crippen LogP) is 4.12. The molecule has 1 atom stereocenters. The van der Waals surface area contributed by atoms with E-state index in [-0.39, 0.29) is 6.10 Å². The minimum Gasteiger partial charge on any atom is -0.461 e. The summed E-state index contributed by atoms with van der Waals surface area (Å²) in [6.07, 6.45) is 0.723. The van der Waals surface area contributed by atoms with Crippen LogP contribution in [0.4, 0.5) is 15.9 Å². The summed E-state index contributed by atoms with van der Waals surface area (Å²) >= 11 is 0. The Balaban J connectivity index is 1.28. The van der Waals surface area contributed by atoms with Crippen LogP contribution in [0.5, 0.6) is 6.01 Å². The number of rotatable bonds is 7. The summed E-state index contributed by atoms with van der Waals surface area (Å²) in [7, 11) is 0. The number of aryl methyl sites for hydroxylation is 1. The van der Waals surface area contributed by atoms with Crippen LogP contribution in [-0.4, -0.2) is 96.8 Å². The molecule has 43 heavy (non-hydrogen) atoms. The molecular weight excluding hydrogens is 547 g/mol. The molecule has 1 aromatic heterocycles. The SMILES string of the molecule is C=C(F)C(=O)N1CCN(c2nc(OCC3CN(C(C)C)CCO3)nc3c2CCN(c2cccc4cccc(C)c24)C3)CC1. The van der Waals surface area contributed by atoms with Crippen LogP contribution < -0.4 is 14.5 Å². The van der Waals surface area contributed by atoms with Gasteiger partial charge in [-0.15, -0.1) is 0 Å². The number of fused-ring (bicyclic) bond motifs is 2.